The number of para-hydroxylation sites is 1. The minimum atomic E-state index is 0.488. The Bertz CT molecular complexity index is 512. The highest BCUT2D eigenvalue weighted by Crippen LogP contribution is 2.48. The summed E-state index contributed by atoms with van der Waals surface area (Å²) in [5, 5.41) is 3.89. The summed E-state index contributed by atoms with van der Waals surface area (Å²) in [6.07, 6.45) is 8.33. The van der Waals surface area contributed by atoms with E-state index in [2.05, 4.69) is 30.4 Å². The largest absolute Gasteiger partial charge is 0.493 e. The molecule has 1 aromatic carbocycles. The normalized spacial score (nSPS) is 34.3. The minimum Gasteiger partial charge on any atom is -0.493 e. The first-order valence-electron chi connectivity index (χ1n) is 8.77. The molecule has 0 radical (unpaired) electrons. The predicted molar refractivity (Wildman–Crippen MR) is 85.6 cm³/mol. The number of nitrogens with one attached hydrogen (secondary N) is 1. The Kier molecular flexibility index (Phi) is 3.66. The van der Waals surface area contributed by atoms with Gasteiger partial charge in [-0.25, -0.2) is 0 Å². The molecule has 2 nitrogen and oxygen atoms in total. The van der Waals surface area contributed by atoms with Crippen LogP contribution in [0.1, 0.15) is 55.7 Å². The second-order valence-electron chi connectivity index (χ2n) is 7.38. The van der Waals surface area contributed by atoms with Crippen LogP contribution in [0.4, 0.5) is 0 Å². The van der Waals surface area contributed by atoms with Crippen LogP contribution in [0.3, 0.4) is 0 Å². The third kappa shape index (κ3) is 2.59. The molecule has 4 atom stereocenters. The average Bonchev–Trinajstić information content (AvgIpc) is 3.04. The van der Waals surface area contributed by atoms with Gasteiger partial charge in [-0.2, -0.15) is 0 Å². The molecule has 21 heavy (non-hydrogen) atoms. The van der Waals surface area contributed by atoms with Crippen LogP contribution in [-0.2, 0) is 0 Å². The molecule has 0 amide bonds. The fourth-order valence-corrected chi connectivity index (χ4v) is 4.90. The number of fused-ring (bicyclic) bond motifs is 3. The van der Waals surface area contributed by atoms with Crippen molar-refractivity contribution in [3.05, 3.63) is 29.3 Å². The molecule has 2 bridgehead atoms. The molecule has 1 aliphatic heterocycles. The van der Waals surface area contributed by atoms with Gasteiger partial charge >= 0.3 is 0 Å². The topological polar surface area (TPSA) is 21.3 Å². The van der Waals surface area contributed by atoms with Crippen molar-refractivity contribution in [3.8, 4) is 5.75 Å². The van der Waals surface area contributed by atoms with Gasteiger partial charge < -0.3 is 10.1 Å². The molecular weight excluding hydrogens is 258 g/mol. The second kappa shape index (κ2) is 5.64. The van der Waals surface area contributed by atoms with Gasteiger partial charge in [0.2, 0.25) is 0 Å². The van der Waals surface area contributed by atoms with Gasteiger partial charge in [0.1, 0.15) is 5.75 Å². The van der Waals surface area contributed by atoms with E-state index in [0.29, 0.717) is 6.04 Å². The quantitative estimate of drug-likeness (QED) is 0.897. The molecule has 0 saturated heterocycles. The molecule has 2 fully saturated rings. The molecule has 3 aliphatic rings. The molecule has 0 aromatic heterocycles. The number of rotatable bonds is 3. The lowest BCUT2D eigenvalue weighted by Crippen LogP contribution is -2.30. The lowest BCUT2D eigenvalue weighted by atomic mass is 9.88. The summed E-state index contributed by atoms with van der Waals surface area (Å²) in [6, 6.07) is 7.08. The number of ether oxygens (including phenoxy) is 1. The molecule has 1 N–H and O–H groups in total. The standard InChI is InChI=1S/C19H27NO/c1-13-4-2-5-17-18(6-3-9-21-19(13)17)20-12-16-11-14-7-8-15(16)10-14/h2,4-5,14-16,18,20H,3,6-12H2,1H3. The molecular formula is C19H27NO. The lowest BCUT2D eigenvalue weighted by Gasteiger charge is -2.26. The molecule has 2 heteroatoms. The summed E-state index contributed by atoms with van der Waals surface area (Å²) in [5.41, 5.74) is 2.66. The Morgan fingerprint density at radius 2 is 2.14 bits per heavy atom. The van der Waals surface area contributed by atoms with Gasteiger partial charge in [-0.1, -0.05) is 24.6 Å². The van der Waals surface area contributed by atoms with Crippen molar-refractivity contribution in [2.24, 2.45) is 17.8 Å². The molecule has 2 aliphatic carbocycles. The first-order chi connectivity index (χ1) is 10.3. The number of hydrogen-bond donors (Lipinski definition) is 1. The highest BCUT2D eigenvalue weighted by molar-refractivity contribution is 5.43. The summed E-state index contributed by atoms with van der Waals surface area (Å²) in [4.78, 5) is 0. The van der Waals surface area contributed by atoms with E-state index in [-0.39, 0.29) is 0 Å². The minimum absolute atomic E-state index is 0.488. The zero-order chi connectivity index (χ0) is 14.2. The Labute approximate surface area is 128 Å². The maximum atomic E-state index is 5.99. The van der Waals surface area contributed by atoms with Crippen molar-refractivity contribution in [2.75, 3.05) is 13.2 Å². The van der Waals surface area contributed by atoms with Crippen LogP contribution in [0.2, 0.25) is 0 Å². The maximum Gasteiger partial charge on any atom is 0.126 e. The first-order valence-corrected chi connectivity index (χ1v) is 8.77. The summed E-state index contributed by atoms with van der Waals surface area (Å²) in [6.45, 7) is 4.24. The molecule has 0 spiro atoms. The van der Waals surface area contributed by atoms with Crippen LogP contribution < -0.4 is 10.1 Å². The monoisotopic (exact) mass is 285 g/mol. The summed E-state index contributed by atoms with van der Waals surface area (Å²) >= 11 is 0. The third-order valence-electron chi connectivity index (χ3n) is 6.01. The van der Waals surface area contributed by atoms with Gasteiger partial charge in [-0.05, 0) is 68.9 Å². The Hall–Kier alpha value is -1.02. The SMILES string of the molecule is Cc1cccc2c1OCCCC2NCC1CC2CCC1C2. The zero-order valence-corrected chi connectivity index (χ0v) is 13.1. The van der Waals surface area contributed by atoms with Crippen LogP contribution in [0.5, 0.6) is 5.75 Å². The molecule has 2 saturated carbocycles. The maximum absolute atomic E-state index is 5.99. The second-order valence-corrected chi connectivity index (χ2v) is 7.38. The van der Waals surface area contributed by atoms with Crippen molar-refractivity contribution in [1.29, 1.82) is 0 Å². The summed E-state index contributed by atoms with van der Waals surface area (Å²) < 4.78 is 5.99. The summed E-state index contributed by atoms with van der Waals surface area (Å²) in [5.74, 6) is 4.14. The number of benzene rings is 1. The average molecular weight is 285 g/mol. The van der Waals surface area contributed by atoms with Gasteiger partial charge in [0.15, 0.2) is 0 Å². The Balaban J connectivity index is 1.46. The van der Waals surface area contributed by atoms with E-state index < -0.39 is 0 Å². The highest BCUT2D eigenvalue weighted by atomic mass is 16.5. The van der Waals surface area contributed by atoms with Crippen molar-refractivity contribution >= 4 is 0 Å². The molecule has 1 heterocycles. The summed E-state index contributed by atoms with van der Waals surface area (Å²) in [7, 11) is 0. The third-order valence-corrected chi connectivity index (χ3v) is 6.01. The number of hydrogen-bond acceptors (Lipinski definition) is 2. The van der Waals surface area contributed by atoms with Gasteiger partial charge in [0, 0.05) is 11.6 Å². The first kappa shape index (κ1) is 13.6. The number of aryl methyl sites for hydroxylation is 1. The van der Waals surface area contributed by atoms with Gasteiger partial charge in [0.05, 0.1) is 6.61 Å². The van der Waals surface area contributed by atoms with E-state index in [1.165, 1.54) is 49.8 Å². The van der Waals surface area contributed by atoms with E-state index >= 15 is 0 Å². The van der Waals surface area contributed by atoms with E-state index in [1.54, 1.807) is 0 Å². The van der Waals surface area contributed by atoms with Crippen molar-refractivity contribution < 1.29 is 4.74 Å². The fourth-order valence-electron chi connectivity index (χ4n) is 4.90. The van der Waals surface area contributed by atoms with E-state index in [9.17, 15) is 0 Å². The van der Waals surface area contributed by atoms with Crippen molar-refractivity contribution in [1.82, 2.24) is 5.32 Å². The van der Waals surface area contributed by atoms with Crippen LogP contribution in [0.15, 0.2) is 18.2 Å². The van der Waals surface area contributed by atoms with Gasteiger partial charge in [-0.15, -0.1) is 0 Å². The van der Waals surface area contributed by atoms with Crippen molar-refractivity contribution in [3.63, 3.8) is 0 Å². The van der Waals surface area contributed by atoms with E-state index in [1.807, 2.05) is 0 Å². The molecule has 114 valence electrons. The molecule has 4 rings (SSSR count). The van der Waals surface area contributed by atoms with Crippen LogP contribution in [0, 0.1) is 24.7 Å². The molecule has 4 unspecified atom stereocenters. The van der Waals surface area contributed by atoms with Crippen LogP contribution in [0.25, 0.3) is 0 Å². The highest BCUT2D eigenvalue weighted by Gasteiger charge is 2.39. The smallest absolute Gasteiger partial charge is 0.126 e. The van der Waals surface area contributed by atoms with Gasteiger partial charge in [-0.3, -0.25) is 0 Å². The predicted octanol–water partition coefficient (Wildman–Crippen LogP) is 4.23. The van der Waals surface area contributed by atoms with Crippen LogP contribution >= 0.6 is 0 Å². The van der Waals surface area contributed by atoms with Crippen molar-refractivity contribution in [2.45, 2.75) is 51.5 Å². The van der Waals surface area contributed by atoms with E-state index in [0.717, 1.165) is 36.5 Å². The van der Waals surface area contributed by atoms with Gasteiger partial charge in [0.25, 0.3) is 0 Å². The van der Waals surface area contributed by atoms with Crippen LogP contribution in [-0.4, -0.2) is 13.2 Å². The Morgan fingerprint density at radius 1 is 1.19 bits per heavy atom. The Morgan fingerprint density at radius 3 is 2.95 bits per heavy atom. The van der Waals surface area contributed by atoms with E-state index in [4.69, 9.17) is 4.74 Å². The zero-order valence-electron chi connectivity index (χ0n) is 13.1. The lowest BCUT2D eigenvalue weighted by molar-refractivity contribution is 0.298. The molecule has 1 aromatic rings. The fraction of sp³-hybridized carbons (Fsp3) is 0.684.